The molecule has 0 fully saturated rings. The summed E-state index contributed by atoms with van der Waals surface area (Å²) in [5.41, 5.74) is 1.64. The van der Waals surface area contributed by atoms with E-state index >= 15 is 0 Å². The van der Waals surface area contributed by atoms with Crippen LogP contribution in [0.2, 0.25) is 0 Å². The average molecular weight is 250 g/mol. The minimum Gasteiger partial charge on any atom is -0.395 e. The van der Waals surface area contributed by atoms with Crippen LogP contribution in [0, 0.1) is 0 Å². The van der Waals surface area contributed by atoms with Crippen molar-refractivity contribution < 1.29 is 9.90 Å². The SMILES string of the molecule is CCC(CC)Nc1ccc(C(=O)NCCO)cc1. The van der Waals surface area contributed by atoms with E-state index in [1.165, 1.54) is 0 Å². The number of hydrogen-bond acceptors (Lipinski definition) is 3. The number of aliphatic hydroxyl groups excluding tert-OH is 1. The number of anilines is 1. The number of hydrogen-bond donors (Lipinski definition) is 3. The highest BCUT2D eigenvalue weighted by molar-refractivity contribution is 5.94. The second-order valence-corrected chi connectivity index (χ2v) is 4.21. The molecule has 1 amide bonds. The van der Waals surface area contributed by atoms with Gasteiger partial charge in [0.2, 0.25) is 0 Å². The van der Waals surface area contributed by atoms with E-state index in [4.69, 9.17) is 5.11 Å². The van der Waals surface area contributed by atoms with Crippen molar-refractivity contribution in [1.82, 2.24) is 5.32 Å². The van der Waals surface area contributed by atoms with Crippen molar-refractivity contribution in [3.63, 3.8) is 0 Å². The number of nitrogens with one attached hydrogen (secondary N) is 2. The van der Waals surface area contributed by atoms with Crippen LogP contribution in [0.5, 0.6) is 0 Å². The van der Waals surface area contributed by atoms with Crippen LogP contribution in [0.1, 0.15) is 37.0 Å². The number of aliphatic hydroxyl groups is 1. The molecule has 18 heavy (non-hydrogen) atoms. The fourth-order valence-corrected chi connectivity index (χ4v) is 1.72. The third-order valence-electron chi connectivity index (χ3n) is 2.90. The van der Waals surface area contributed by atoms with Crippen molar-refractivity contribution in [2.24, 2.45) is 0 Å². The molecule has 3 N–H and O–H groups in total. The summed E-state index contributed by atoms with van der Waals surface area (Å²) in [6, 6.07) is 7.87. The molecule has 0 aliphatic heterocycles. The molecule has 0 aliphatic carbocycles. The third-order valence-corrected chi connectivity index (χ3v) is 2.90. The van der Waals surface area contributed by atoms with Crippen molar-refractivity contribution in [3.05, 3.63) is 29.8 Å². The van der Waals surface area contributed by atoms with Crippen LogP contribution in [0.15, 0.2) is 24.3 Å². The second-order valence-electron chi connectivity index (χ2n) is 4.21. The summed E-state index contributed by atoms with van der Waals surface area (Å²) in [5, 5.41) is 14.7. The number of benzene rings is 1. The lowest BCUT2D eigenvalue weighted by molar-refractivity contribution is 0.0945. The molecule has 0 spiro atoms. The Bertz CT molecular complexity index is 359. The molecule has 0 unspecified atom stereocenters. The molecule has 0 aromatic heterocycles. The van der Waals surface area contributed by atoms with Gasteiger partial charge in [0.15, 0.2) is 0 Å². The third kappa shape index (κ3) is 4.37. The van der Waals surface area contributed by atoms with Crippen molar-refractivity contribution in [3.8, 4) is 0 Å². The molecular weight excluding hydrogens is 228 g/mol. The van der Waals surface area contributed by atoms with E-state index in [-0.39, 0.29) is 19.1 Å². The Morgan fingerprint density at radius 1 is 1.22 bits per heavy atom. The highest BCUT2D eigenvalue weighted by atomic mass is 16.3. The summed E-state index contributed by atoms with van der Waals surface area (Å²) in [4.78, 5) is 11.6. The molecule has 0 atom stereocenters. The smallest absolute Gasteiger partial charge is 0.251 e. The van der Waals surface area contributed by atoms with Crippen molar-refractivity contribution in [2.45, 2.75) is 32.7 Å². The molecule has 4 heteroatoms. The molecule has 1 aromatic carbocycles. The molecule has 0 radical (unpaired) electrons. The first-order chi connectivity index (χ1) is 8.71. The highest BCUT2D eigenvalue weighted by Gasteiger charge is 2.06. The van der Waals surface area contributed by atoms with E-state index in [1.54, 1.807) is 12.1 Å². The predicted octanol–water partition coefficient (Wildman–Crippen LogP) is 2.01. The average Bonchev–Trinajstić information content (AvgIpc) is 2.42. The first kappa shape index (κ1) is 14.5. The van der Waals surface area contributed by atoms with Crippen LogP contribution in [0.3, 0.4) is 0 Å². The molecule has 0 saturated heterocycles. The standard InChI is InChI=1S/C14H22N2O2/c1-3-12(4-2)16-13-7-5-11(6-8-13)14(18)15-9-10-17/h5-8,12,16-17H,3-4,9-10H2,1-2H3,(H,15,18). The quantitative estimate of drug-likeness (QED) is 0.693. The summed E-state index contributed by atoms with van der Waals surface area (Å²) < 4.78 is 0. The van der Waals surface area contributed by atoms with E-state index in [2.05, 4.69) is 24.5 Å². The number of carbonyl (C=O) groups excluding carboxylic acids is 1. The van der Waals surface area contributed by atoms with Crippen LogP contribution < -0.4 is 10.6 Å². The Kier molecular flexibility index (Phi) is 6.22. The summed E-state index contributed by atoms with van der Waals surface area (Å²) in [6.45, 7) is 4.54. The fraction of sp³-hybridized carbons (Fsp3) is 0.500. The zero-order chi connectivity index (χ0) is 13.4. The molecule has 1 rings (SSSR count). The van der Waals surface area contributed by atoms with E-state index in [0.29, 0.717) is 11.6 Å². The summed E-state index contributed by atoms with van der Waals surface area (Å²) in [6.07, 6.45) is 2.16. The Morgan fingerprint density at radius 3 is 2.33 bits per heavy atom. The van der Waals surface area contributed by atoms with Crippen LogP contribution in [0.25, 0.3) is 0 Å². The minimum absolute atomic E-state index is 0.0416. The first-order valence-corrected chi connectivity index (χ1v) is 6.46. The summed E-state index contributed by atoms with van der Waals surface area (Å²) in [7, 11) is 0. The molecule has 0 aliphatic rings. The van der Waals surface area contributed by atoms with Gasteiger partial charge in [-0.25, -0.2) is 0 Å². The zero-order valence-electron chi connectivity index (χ0n) is 11.1. The monoisotopic (exact) mass is 250 g/mol. The maximum absolute atomic E-state index is 11.6. The number of rotatable bonds is 7. The van der Waals surface area contributed by atoms with Gasteiger partial charge in [0.05, 0.1) is 6.61 Å². The predicted molar refractivity (Wildman–Crippen MR) is 73.9 cm³/mol. The van der Waals surface area contributed by atoms with Gasteiger partial charge in [0.25, 0.3) is 5.91 Å². The van der Waals surface area contributed by atoms with Gasteiger partial charge in [-0.15, -0.1) is 0 Å². The van der Waals surface area contributed by atoms with Gasteiger partial charge in [-0.05, 0) is 37.1 Å². The Balaban J connectivity index is 2.59. The van der Waals surface area contributed by atoms with Crippen molar-refractivity contribution >= 4 is 11.6 Å². The number of carbonyl (C=O) groups is 1. The zero-order valence-corrected chi connectivity index (χ0v) is 11.1. The maximum Gasteiger partial charge on any atom is 0.251 e. The van der Waals surface area contributed by atoms with Gasteiger partial charge in [-0.2, -0.15) is 0 Å². The normalized spacial score (nSPS) is 10.4. The largest absolute Gasteiger partial charge is 0.395 e. The van der Waals surface area contributed by atoms with Crippen LogP contribution in [-0.4, -0.2) is 30.2 Å². The molecular formula is C14H22N2O2. The highest BCUT2D eigenvalue weighted by Crippen LogP contribution is 2.13. The van der Waals surface area contributed by atoms with Gasteiger partial charge >= 0.3 is 0 Å². The Morgan fingerprint density at radius 2 is 1.83 bits per heavy atom. The van der Waals surface area contributed by atoms with E-state index in [9.17, 15) is 4.79 Å². The van der Waals surface area contributed by atoms with Crippen molar-refractivity contribution in [2.75, 3.05) is 18.5 Å². The summed E-state index contributed by atoms with van der Waals surface area (Å²) >= 11 is 0. The van der Waals surface area contributed by atoms with Gasteiger partial charge in [-0.3, -0.25) is 4.79 Å². The molecule has 100 valence electrons. The van der Waals surface area contributed by atoms with E-state index in [1.807, 2.05) is 12.1 Å². The Labute approximate surface area is 108 Å². The van der Waals surface area contributed by atoms with Gasteiger partial charge in [0, 0.05) is 23.8 Å². The van der Waals surface area contributed by atoms with Crippen LogP contribution in [-0.2, 0) is 0 Å². The fourth-order valence-electron chi connectivity index (χ4n) is 1.72. The molecule has 0 bridgehead atoms. The topological polar surface area (TPSA) is 61.4 Å². The molecule has 1 aromatic rings. The van der Waals surface area contributed by atoms with Gasteiger partial charge < -0.3 is 15.7 Å². The van der Waals surface area contributed by atoms with Crippen molar-refractivity contribution in [1.29, 1.82) is 0 Å². The van der Waals surface area contributed by atoms with E-state index in [0.717, 1.165) is 18.5 Å². The minimum atomic E-state index is -0.155. The lowest BCUT2D eigenvalue weighted by Crippen LogP contribution is -2.26. The van der Waals surface area contributed by atoms with Gasteiger partial charge in [0.1, 0.15) is 0 Å². The molecule has 4 nitrogen and oxygen atoms in total. The Hall–Kier alpha value is -1.55. The first-order valence-electron chi connectivity index (χ1n) is 6.46. The lowest BCUT2D eigenvalue weighted by atomic mass is 10.1. The molecule has 0 saturated carbocycles. The van der Waals surface area contributed by atoms with Crippen LogP contribution >= 0.6 is 0 Å². The second kappa shape index (κ2) is 7.71. The van der Waals surface area contributed by atoms with E-state index < -0.39 is 0 Å². The van der Waals surface area contributed by atoms with Crippen LogP contribution in [0.4, 0.5) is 5.69 Å². The van der Waals surface area contributed by atoms with Gasteiger partial charge in [-0.1, -0.05) is 13.8 Å². The summed E-state index contributed by atoms with van der Waals surface area (Å²) in [5.74, 6) is -0.155. The lowest BCUT2D eigenvalue weighted by Gasteiger charge is -2.16. The maximum atomic E-state index is 11.6. The number of amides is 1. The molecule has 0 heterocycles.